The fraction of sp³-hybridized carbons (Fsp3) is 0.333. The average Bonchev–Trinajstić information content (AvgIpc) is 2.41. The van der Waals surface area contributed by atoms with Gasteiger partial charge in [-0.1, -0.05) is 40.2 Å². The highest BCUT2D eigenvalue weighted by atomic mass is 79.9. The zero-order valence-electron chi connectivity index (χ0n) is 13.0. The largest absolute Gasteiger partial charge is 0.457 e. The standard InChI is InChI=1S/C18H22BrNO/c1-13-9-10-15(19)11-17(13)21-16-8-6-5-7-14(16)12-20-18(2,3)4/h5-11,20H,12H2,1-4H3. The van der Waals surface area contributed by atoms with Crippen LogP contribution >= 0.6 is 15.9 Å². The third-order valence-corrected chi connectivity index (χ3v) is 3.65. The van der Waals surface area contributed by atoms with Gasteiger partial charge in [0.25, 0.3) is 0 Å². The zero-order valence-corrected chi connectivity index (χ0v) is 14.6. The number of nitrogens with one attached hydrogen (secondary N) is 1. The second kappa shape index (κ2) is 6.63. The Kier molecular flexibility index (Phi) is 5.07. The van der Waals surface area contributed by atoms with Crippen LogP contribution in [0.4, 0.5) is 0 Å². The van der Waals surface area contributed by atoms with Crippen molar-refractivity contribution in [2.45, 2.75) is 39.8 Å². The molecule has 2 aromatic rings. The second-order valence-electron chi connectivity index (χ2n) is 6.22. The molecule has 112 valence electrons. The summed E-state index contributed by atoms with van der Waals surface area (Å²) >= 11 is 3.49. The molecule has 0 saturated carbocycles. The summed E-state index contributed by atoms with van der Waals surface area (Å²) in [7, 11) is 0. The molecule has 0 atom stereocenters. The van der Waals surface area contributed by atoms with Crippen molar-refractivity contribution < 1.29 is 4.74 Å². The fourth-order valence-electron chi connectivity index (χ4n) is 1.91. The van der Waals surface area contributed by atoms with Crippen molar-refractivity contribution in [3.63, 3.8) is 0 Å². The quantitative estimate of drug-likeness (QED) is 0.795. The molecular formula is C18H22BrNO. The molecule has 0 aliphatic carbocycles. The molecule has 0 aliphatic heterocycles. The van der Waals surface area contributed by atoms with Crippen molar-refractivity contribution >= 4 is 15.9 Å². The van der Waals surface area contributed by atoms with Gasteiger partial charge in [-0.25, -0.2) is 0 Å². The number of benzene rings is 2. The van der Waals surface area contributed by atoms with Crippen molar-refractivity contribution in [2.75, 3.05) is 0 Å². The summed E-state index contributed by atoms with van der Waals surface area (Å²) in [5.41, 5.74) is 2.36. The van der Waals surface area contributed by atoms with Crippen molar-refractivity contribution in [3.8, 4) is 11.5 Å². The number of halogens is 1. The van der Waals surface area contributed by atoms with Crippen LogP contribution in [-0.2, 0) is 6.54 Å². The van der Waals surface area contributed by atoms with E-state index < -0.39 is 0 Å². The second-order valence-corrected chi connectivity index (χ2v) is 7.14. The van der Waals surface area contributed by atoms with E-state index in [2.05, 4.69) is 61.1 Å². The van der Waals surface area contributed by atoms with E-state index in [4.69, 9.17) is 4.74 Å². The fourth-order valence-corrected chi connectivity index (χ4v) is 2.25. The Morgan fingerprint density at radius 2 is 1.76 bits per heavy atom. The number of hydrogen-bond acceptors (Lipinski definition) is 2. The van der Waals surface area contributed by atoms with Gasteiger partial charge < -0.3 is 10.1 Å². The van der Waals surface area contributed by atoms with Crippen LogP contribution in [0.5, 0.6) is 11.5 Å². The summed E-state index contributed by atoms with van der Waals surface area (Å²) in [5, 5.41) is 3.50. The lowest BCUT2D eigenvalue weighted by atomic mass is 10.1. The van der Waals surface area contributed by atoms with Gasteiger partial charge in [-0.2, -0.15) is 0 Å². The van der Waals surface area contributed by atoms with Gasteiger partial charge in [-0.3, -0.25) is 0 Å². The molecule has 3 heteroatoms. The van der Waals surface area contributed by atoms with Crippen LogP contribution < -0.4 is 10.1 Å². The Hall–Kier alpha value is -1.32. The van der Waals surface area contributed by atoms with Crippen LogP contribution in [0.3, 0.4) is 0 Å². The molecule has 0 spiro atoms. The van der Waals surface area contributed by atoms with E-state index in [1.54, 1.807) is 0 Å². The first-order valence-corrected chi connectivity index (χ1v) is 7.91. The molecule has 0 aliphatic rings. The Morgan fingerprint density at radius 3 is 2.48 bits per heavy atom. The summed E-state index contributed by atoms with van der Waals surface area (Å²) in [6.07, 6.45) is 0. The van der Waals surface area contributed by atoms with Gasteiger partial charge in [0, 0.05) is 22.1 Å². The van der Waals surface area contributed by atoms with Crippen molar-refractivity contribution in [1.82, 2.24) is 5.32 Å². The summed E-state index contributed by atoms with van der Waals surface area (Å²) in [6.45, 7) is 9.32. The maximum absolute atomic E-state index is 6.12. The molecule has 2 rings (SSSR count). The molecule has 0 fully saturated rings. The smallest absolute Gasteiger partial charge is 0.131 e. The van der Waals surface area contributed by atoms with Crippen LogP contribution in [0, 0.1) is 6.92 Å². The Balaban J connectivity index is 2.22. The molecular weight excluding hydrogens is 326 g/mol. The topological polar surface area (TPSA) is 21.3 Å². The lowest BCUT2D eigenvalue weighted by molar-refractivity contribution is 0.414. The van der Waals surface area contributed by atoms with Gasteiger partial charge >= 0.3 is 0 Å². The van der Waals surface area contributed by atoms with Crippen molar-refractivity contribution in [2.24, 2.45) is 0 Å². The Bertz CT molecular complexity index is 617. The lowest BCUT2D eigenvalue weighted by Gasteiger charge is -2.21. The monoisotopic (exact) mass is 347 g/mol. The van der Waals surface area contributed by atoms with Crippen LogP contribution in [0.1, 0.15) is 31.9 Å². The minimum absolute atomic E-state index is 0.0821. The SMILES string of the molecule is Cc1ccc(Br)cc1Oc1ccccc1CNC(C)(C)C. The molecule has 0 radical (unpaired) electrons. The normalized spacial score (nSPS) is 11.5. The molecule has 21 heavy (non-hydrogen) atoms. The Morgan fingerprint density at radius 1 is 1.05 bits per heavy atom. The lowest BCUT2D eigenvalue weighted by Crippen LogP contribution is -2.35. The van der Waals surface area contributed by atoms with Crippen LogP contribution in [0.2, 0.25) is 0 Å². The van der Waals surface area contributed by atoms with Crippen LogP contribution in [-0.4, -0.2) is 5.54 Å². The number of aryl methyl sites for hydroxylation is 1. The molecule has 0 aromatic heterocycles. The summed E-state index contributed by atoms with van der Waals surface area (Å²) in [4.78, 5) is 0. The van der Waals surface area contributed by atoms with E-state index in [-0.39, 0.29) is 5.54 Å². The number of hydrogen-bond donors (Lipinski definition) is 1. The van der Waals surface area contributed by atoms with Gasteiger partial charge in [-0.15, -0.1) is 0 Å². The first kappa shape index (κ1) is 16.1. The van der Waals surface area contributed by atoms with Crippen LogP contribution in [0.15, 0.2) is 46.9 Å². The molecule has 0 saturated heterocycles. The van der Waals surface area contributed by atoms with Crippen molar-refractivity contribution in [1.29, 1.82) is 0 Å². The highest BCUT2D eigenvalue weighted by Gasteiger charge is 2.11. The van der Waals surface area contributed by atoms with E-state index in [0.29, 0.717) is 0 Å². The van der Waals surface area contributed by atoms with Crippen molar-refractivity contribution in [3.05, 3.63) is 58.1 Å². The molecule has 2 aromatic carbocycles. The van der Waals surface area contributed by atoms with Gasteiger partial charge in [-0.05, 0) is 51.5 Å². The maximum atomic E-state index is 6.12. The van der Waals surface area contributed by atoms with Crippen LogP contribution in [0.25, 0.3) is 0 Å². The summed E-state index contributed by atoms with van der Waals surface area (Å²) in [5.74, 6) is 1.78. The van der Waals surface area contributed by atoms with Gasteiger partial charge in [0.1, 0.15) is 11.5 Å². The van der Waals surface area contributed by atoms with E-state index >= 15 is 0 Å². The van der Waals surface area contributed by atoms with Gasteiger partial charge in [0.15, 0.2) is 0 Å². The predicted octanol–water partition coefficient (Wildman–Crippen LogP) is 5.44. The predicted molar refractivity (Wildman–Crippen MR) is 92.0 cm³/mol. The van der Waals surface area contributed by atoms with Gasteiger partial charge in [0.2, 0.25) is 0 Å². The average molecular weight is 348 g/mol. The third kappa shape index (κ3) is 4.87. The Labute approximate surface area is 135 Å². The zero-order chi connectivity index (χ0) is 15.5. The highest BCUT2D eigenvalue weighted by molar-refractivity contribution is 9.10. The minimum Gasteiger partial charge on any atom is -0.457 e. The first-order valence-electron chi connectivity index (χ1n) is 7.12. The molecule has 2 nitrogen and oxygen atoms in total. The minimum atomic E-state index is 0.0821. The molecule has 0 amide bonds. The number of ether oxygens (including phenoxy) is 1. The molecule has 1 N–H and O–H groups in total. The first-order chi connectivity index (χ1) is 9.85. The van der Waals surface area contributed by atoms with E-state index in [1.807, 2.05) is 30.3 Å². The highest BCUT2D eigenvalue weighted by Crippen LogP contribution is 2.30. The summed E-state index contributed by atoms with van der Waals surface area (Å²) < 4.78 is 7.14. The van der Waals surface area contributed by atoms with E-state index in [0.717, 1.165) is 33.6 Å². The maximum Gasteiger partial charge on any atom is 0.131 e. The molecule has 0 heterocycles. The van der Waals surface area contributed by atoms with E-state index in [9.17, 15) is 0 Å². The molecule has 0 bridgehead atoms. The van der Waals surface area contributed by atoms with Gasteiger partial charge in [0.05, 0.1) is 0 Å². The third-order valence-electron chi connectivity index (χ3n) is 3.15. The van der Waals surface area contributed by atoms with E-state index in [1.165, 1.54) is 0 Å². The number of rotatable bonds is 4. The number of para-hydroxylation sites is 1. The molecule has 0 unspecified atom stereocenters. The summed E-state index contributed by atoms with van der Waals surface area (Å²) in [6, 6.07) is 14.2.